The van der Waals surface area contributed by atoms with Crippen LogP contribution in [0.3, 0.4) is 0 Å². The Labute approximate surface area is 276 Å². The monoisotopic (exact) mass is 776 g/mol. The minimum absolute atomic E-state index is 0. The van der Waals surface area contributed by atoms with Gasteiger partial charge in [-0.15, -0.1) is 64.3 Å². The molecule has 9 rings (SSSR count). The molecule has 4 aromatic heterocycles. The molecule has 0 saturated carbocycles. The fourth-order valence-electron chi connectivity index (χ4n) is 5.53. The molecule has 5 aromatic carbocycles. The number of benzene rings is 5. The molecule has 0 N–H and O–H groups in total. The molecule has 0 amide bonds. The van der Waals surface area contributed by atoms with Gasteiger partial charge in [0.15, 0.2) is 5.65 Å². The molecule has 1 radical (unpaired) electrons. The predicted octanol–water partition coefficient (Wildman–Crippen LogP) is 9.02. The van der Waals surface area contributed by atoms with Gasteiger partial charge in [-0.3, -0.25) is 4.98 Å². The van der Waals surface area contributed by atoms with E-state index in [4.69, 9.17) is 9.40 Å². The smallest absolute Gasteiger partial charge is 0.191 e. The summed E-state index contributed by atoms with van der Waals surface area (Å²) in [5.74, 6) is 0.289. The zero-order valence-corrected chi connectivity index (χ0v) is 26.5. The first kappa shape index (κ1) is 29.2. The maximum absolute atomic E-state index is 13.9. The Morgan fingerprint density at radius 3 is 2.35 bits per heavy atom. The molecule has 0 aliphatic rings. The second kappa shape index (κ2) is 12.4. The molecule has 0 unspecified atom stereocenters. The van der Waals surface area contributed by atoms with Gasteiger partial charge in [0.05, 0.1) is 22.4 Å². The van der Waals surface area contributed by atoms with Crippen molar-refractivity contribution in [3.8, 4) is 28.3 Å². The number of para-hydroxylation sites is 1. The summed E-state index contributed by atoms with van der Waals surface area (Å²) in [5.41, 5.74) is 6.87. The number of aromatic nitrogens is 5. The van der Waals surface area contributed by atoms with Gasteiger partial charge >= 0.3 is 0 Å². The second-order valence-electron chi connectivity index (χ2n) is 10.3. The number of nitrogens with zero attached hydrogens (tertiary/aromatic N) is 5. The predicted molar refractivity (Wildman–Crippen MR) is 174 cm³/mol. The molecule has 9 aromatic rings. The minimum Gasteiger partial charge on any atom is -0.500 e. The van der Waals surface area contributed by atoms with Crippen LogP contribution in [0, 0.1) is 17.9 Å². The largest absolute Gasteiger partial charge is 0.500 e. The number of fused-ring (bicyclic) bond motifs is 6. The summed E-state index contributed by atoms with van der Waals surface area (Å²) in [7, 11) is 0. The number of hydrogen-bond acceptors (Lipinski definition) is 5. The Kier molecular flexibility index (Phi) is 7.89. The van der Waals surface area contributed by atoms with E-state index < -0.39 is 0 Å². The zero-order chi connectivity index (χ0) is 30.2. The Balaban J connectivity index is 0.000000220. The van der Waals surface area contributed by atoms with Crippen molar-refractivity contribution in [2.45, 2.75) is 0 Å². The first-order valence-corrected chi connectivity index (χ1v) is 14.3. The van der Waals surface area contributed by atoms with E-state index in [1.54, 1.807) is 12.3 Å². The van der Waals surface area contributed by atoms with Crippen molar-refractivity contribution in [3.05, 3.63) is 152 Å². The van der Waals surface area contributed by atoms with Crippen LogP contribution in [0.15, 0.2) is 138 Å². The van der Waals surface area contributed by atoms with Crippen molar-refractivity contribution >= 4 is 44.0 Å². The molecule has 0 aliphatic carbocycles. The van der Waals surface area contributed by atoms with Crippen molar-refractivity contribution in [3.63, 3.8) is 0 Å². The third-order valence-electron chi connectivity index (χ3n) is 7.55. The van der Waals surface area contributed by atoms with Gasteiger partial charge < -0.3 is 14.0 Å². The SMILES string of the molecule is Fc1ccc2c(c1)oc1c(-c3nc4nnc5ccccc5c4n3-c3ccccc3)[c-]ccc12.[Ir].[c-]1ccccc1-c1ccccn1. The molecular formula is C38H22FIrN5O-2. The van der Waals surface area contributed by atoms with Crippen LogP contribution in [0.1, 0.15) is 0 Å². The summed E-state index contributed by atoms with van der Waals surface area (Å²) in [5, 5.41) is 11.4. The van der Waals surface area contributed by atoms with E-state index in [-0.39, 0.29) is 25.9 Å². The van der Waals surface area contributed by atoms with Gasteiger partial charge in [0.1, 0.15) is 11.4 Å². The molecule has 0 atom stereocenters. The second-order valence-corrected chi connectivity index (χ2v) is 10.3. The van der Waals surface area contributed by atoms with Crippen LogP contribution in [0.2, 0.25) is 0 Å². The van der Waals surface area contributed by atoms with Crippen LogP contribution in [-0.2, 0) is 20.1 Å². The maximum Gasteiger partial charge on any atom is 0.191 e. The van der Waals surface area contributed by atoms with Crippen LogP contribution >= 0.6 is 0 Å². The van der Waals surface area contributed by atoms with Gasteiger partial charge in [-0.2, -0.15) is 0 Å². The Morgan fingerprint density at radius 2 is 1.52 bits per heavy atom. The summed E-state index contributed by atoms with van der Waals surface area (Å²) in [6.07, 6.45) is 1.79. The van der Waals surface area contributed by atoms with Gasteiger partial charge in [0, 0.05) is 48.8 Å². The molecule has 0 saturated heterocycles. The van der Waals surface area contributed by atoms with E-state index in [2.05, 4.69) is 31.9 Å². The summed E-state index contributed by atoms with van der Waals surface area (Å²) in [4.78, 5) is 9.09. The van der Waals surface area contributed by atoms with Crippen LogP contribution in [0.25, 0.3) is 72.3 Å². The zero-order valence-electron chi connectivity index (χ0n) is 24.1. The normalized spacial score (nSPS) is 11.0. The standard InChI is InChI=1S/C27H14FN4O.C11H8N.Ir/c28-16-13-14-18-19-10-6-11-21(25(19)33-23(18)15-16)27-29-26-24(32(27)17-7-2-1-3-8-17)20-9-4-5-12-22(20)30-31-26;1-2-6-10(7-3-1)11-8-4-5-9-12-11;/h1-10,12-15H;1-6,8-9H;/q2*-1;. The molecule has 0 aliphatic heterocycles. The molecular weight excluding hydrogens is 754 g/mol. The fraction of sp³-hybridized carbons (Fsp3) is 0. The van der Waals surface area contributed by atoms with Crippen LogP contribution < -0.4 is 0 Å². The van der Waals surface area contributed by atoms with Crippen molar-refractivity contribution < 1.29 is 28.9 Å². The third-order valence-corrected chi connectivity index (χ3v) is 7.55. The summed E-state index contributed by atoms with van der Waals surface area (Å²) < 4.78 is 22.1. The first-order valence-electron chi connectivity index (χ1n) is 14.3. The number of furan rings is 1. The number of imidazole rings is 1. The third kappa shape index (κ3) is 5.24. The van der Waals surface area contributed by atoms with E-state index in [0.717, 1.165) is 44.1 Å². The quantitative estimate of drug-likeness (QED) is 0.168. The molecule has 4 heterocycles. The minimum atomic E-state index is -0.342. The molecule has 0 spiro atoms. The van der Waals surface area contributed by atoms with Gasteiger partial charge in [0.25, 0.3) is 0 Å². The molecule has 0 fully saturated rings. The van der Waals surface area contributed by atoms with Crippen LogP contribution in [0.5, 0.6) is 0 Å². The van der Waals surface area contributed by atoms with E-state index in [1.807, 2.05) is 109 Å². The van der Waals surface area contributed by atoms with Crippen molar-refractivity contribution in [1.82, 2.24) is 24.7 Å². The number of halogens is 1. The van der Waals surface area contributed by atoms with E-state index in [0.29, 0.717) is 28.2 Å². The van der Waals surface area contributed by atoms with Gasteiger partial charge in [-0.05, 0) is 42.1 Å². The van der Waals surface area contributed by atoms with Gasteiger partial charge in [-0.25, -0.2) is 4.39 Å². The summed E-state index contributed by atoms with van der Waals surface area (Å²) in [6, 6.07) is 46.3. The average Bonchev–Trinajstić information content (AvgIpc) is 3.68. The van der Waals surface area contributed by atoms with Crippen molar-refractivity contribution in [1.29, 1.82) is 0 Å². The van der Waals surface area contributed by atoms with Crippen molar-refractivity contribution in [2.24, 2.45) is 0 Å². The fourth-order valence-corrected chi connectivity index (χ4v) is 5.53. The number of hydrogen-bond donors (Lipinski definition) is 0. The van der Waals surface area contributed by atoms with Crippen LogP contribution in [-0.4, -0.2) is 24.7 Å². The molecule has 223 valence electrons. The molecule has 6 nitrogen and oxygen atoms in total. The molecule has 8 heteroatoms. The Morgan fingerprint density at radius 1 is 0.696 bits per heavy atom. The molecule has 46 heavy (non-hydrogen) atoms. The van der Waals surface area contributed by atoms with E-state index in [1.165, 1.54) is 12.1 Å². The Bertz CT molecular complexity index is 2410. The van der Waals surface area contributed by atoms with Crippen LogP contribution in [0.4, 0.5) is 4.39 Å². The summed E-state index contributed by atoms with van der Waals surface area (Å²) in [6.45, 7) is 0. The average molecular weight is 776 g/mol. The maximum atomic E-state index is 13.9. The first-order chi connectivity index (χ1) is 22.2. The van der Waals surface area contributed by atoms with E-state index in [9.17, 15) is 4.39 Å². The topological polar surface area (TPSA) is 69.6 Å². The Hall–Kier alpha value is -5.56. The number of pyridine rings is 1. The molecule has 0 bridgehead atoms. The van der Waals surface area contributed by atoms with Gasteiger partial charge in [0.2, 0.25) is 0 Å². The summed E-state index contributed by atoms with van der Waals surface area (Å²) >= 11 is 0. The number of rotatable bonds is 3. The van der Waals surface area contributed by atoms with E-state index >= 15 is 0 Å². The van der Waals surface area contributed by atoms with Gasteiger partial charge in [-0.1, -0.05) is 59.5 Å². The van der Waals surface area contributed by atoms with Crippen molar-refractivity contribution in [2.75, 3.05) is 0 Å².